The van der Waals surface area contributed by atoms with Gasteiger partial charge in [-0.1, -0.05) is 30.3 Å². The van der Waals surface area contributed by atoms with Crippen LogP contribution in [0.4, 0.5) is 5.82 Å². The van der Waals surface area contributed by atoms with Crippen molar-refractivity contribution in [2.24, 2.45) is 0 Å². The number of ether oxygens (including phenoxy) is 1. The molecule has 0 saturated carbocycles. The highest BCUT2D eigenvalue weighted by atomic mass is 32.1. The Balaban J connectivity index is 1.73. The third kappa shape index (κ3) is 3.09. The molecule has 0 bridgehead atoms. The highest BCUT2D eigenvalue weighted by molar-refractivity contribution is 7.13. The Morgan fingerprint density at radius 2 is 2.00 bits per heavy atom. The minimum absolute atomic E-state index is 0.141. The lowest BCUT2D eigenvalue weighted by Gasteiger charge is -2.03. The van der Waals surface area contributed by atoms with Crippen LogP contribution in [0.25, 0.3) is 10.6 Å². The molecule has 0 spiro atoms. The van der Waals surface area contributed by atoms with Crippen molar-refractivity contribution < 1.29 is 9.66 Å². The molecule has 0 N–H and O–H groups in total. The summed E-state index contributed by atoms with van der Waals surface area (Å²) in [4.78, 5) is 18.5. The maximum Gasteiger partial charge on any atom is 0.406 e. The Hall–Kier alpha value is -2.80. The molecule has 2 aromatic heterocycles. The van der Waals surface area contributed by atoms with Gasteiger partial charge in [-0.15, -0.1) is 11.3 Å². The third-order valence-electron chi connectivity index (χ3n) is 2.87. The normalized spacial score (nSPS) is 10.4. The topological polar surface area (TPSA) is 78.2 Å². The average molecular weight is 313 g/mol. The maximum absolute atomic E-state index is 10.9. The standard InChI is InChI=1S/C15H11N3O3S/c19-18(20)14-13(7-4-8-16-14)21-9-12-10-22-15(17-12)11-5-2-1-3-6-11/h1-8,10H,9H2. The minimum Gasteiger partial charge on any atom is -0.479 e. The van der Waals surface area contributed by atoms with E-state index in [4.69, 9.17) is 4.74 Å². The van der Waals surface area contributed by atoms with Gasteiger partial charge in [0.1, 0.15) is 17.8 Å². The van der Waals surface area contributed by atoms with Crippen LogP contribution in [0, 0.1) is 10.1 Å². The first-order valence-corrected chi connectivity index (χ1v) is 7.34. The highest BCUT2D eigenvalue weighted by Gasteiger charge is 2.16. The average Bonchev–Trinajstić information content (AvgIpc) is 3.03. The molecule has 1 aromatic carbocycles. The second-order valence-corrected chi connectivity index (χ2v) is 5.24. The van der Waals surface area contributed by atoms with E-state index in [0.717, 1.165) is 16.3 Å². The van der Waals surface area contributed by atoms with Crippen molar-refractivity contribution in [3.8, 4) is 16.3 Å². The summed E-state index contributed by atoms with van der Waals surface area (Å²) >= 11 is 1.51. The fourth-order valence-corrected chi connectivity index (χ4v) is 2.68. The summed E-state index contributed by atoms with van der Waals surface area (Å²) in [6.07, 6.45) is 1.36. The fourth-order valence-electron chi connectivity index (χ4n) is 1.87. The van der Waals surface area contributed by atoms with Gasteiger partial charge in [-0.3, -0.25) is 0 Å². The summed E-state index contributed by atoms with van der Waals surface area (Å²) < 4.78 is 5.47. The molecule has 0 amide bonds. The molecule has 22 heavy (non-hydrogen) atoms. The van der Waals surface area contributed by atoms with Gasteiger partial charge in [0.15, 0.2) is 0 Å². The van der Waals surface area contributed by atoms with Gasteiger partial charge in [0.05, 0.1) is 5.69 Å². The van der Waals surface area contributed by atoms with Gasteiger partial charge in [0, 0.05) is 10.9 Å². The predicted octanol–water partition coefficient (Wildman–Crippen LogP) is 3.69. The highest BCUT2D eigenvalue weighted by Crippen LogP contribution is 2.26. The zero-order valence-electron chi connectivity index (χ0n) is 11.4. The van der Waals surface area contributed by atoms with Crippen LogP contribution >= 0.6 is 11.3 Å². The molecule has 110 valence electrons. The van der Waals surface area contributed by atoms with Gasteiger partial charge in [0.2, 0.25) is 5.75 Å². The number of nitro groups is 1. The van der Waals surface area contributed by atoms with E-state index in [0.29, 0.717) is 0 Å². The molecule has 0 aliphatic carbocycles. The molecular formula is C15H11N3O3S. The fraction of sp³-hybridized carbons (Fsp3) is 0.0667. The van der Waals surface area contributed by atoms with Crippen molar-refractivity contribution in [3.05, 3.63) is 69.8 Å². The van der Waals surface area contributed by atoms with Crippen molar-refractivity contribution in [1.29, 1.82) is 0 Å². The summed E-state index contributed by atoms with van der Waals surface area (Å²) in [5.74, 6) is -0.150. The number of thiazole rings is 1. The van der Waals surface area contributed by atoms with Gasteiger partial charge < -0.3 is 14.9 Å². The molecule has 7 heteroatoms. The van der Waals surface area contributed by atoms with E-state index in [1.807, 2.05) is 35.7 Å². The molecule has 0 atom stereocenters. The Morgan fingerprint density at radius 1 is 1.18 bits per heavy atom. The SMILES string of the molecule is O=[N+]([O-])c1ncccc1OCc1csc(-c2ccccc2)n1. The quantitative estimate of drug-likeness (QED) is 0.530. The van der Waals surface area contributed by atoms with E-state index in [1.54, 1.807) is 6.07 Å². The second-order valence-electron chi connectivity index (χ2n) is 4.38. The van der Waals surface area contributed by atoms with E-state index in [9.17, 15) is 10.1 Å². The minimum atomic E-state index is -0.564. The van der Waals surface area contributed by atoms with Crippen LogP contribution in [-0.4, -0.2) is 14.9 Å². The molecule has 0 saturated heterocycles. The number of benzene rings is 1. The number of nitrogens with zero attached hydrogens (tertiary/aromatic N) is 3. The molecule has 0 fully saturated rings. The van der Waals surface area contributed by atoms with Crippen molar-refractivity contribution >= 4 is 17.2 Å². The maximum atomic E-state index is 10.9. The van der Waals surface area contributed by atoms with Crippen LogP contribution in [0.15, 0.2) is 54.0 Å². The Bertz CT molecular complexity index is 789. The van der Waals surface area contributed by atoms with Crippen LogP contribution in [0.2, 0.25) is 0 Å². The summed E-state index contributed by atoms with van der Waals surface area (Å²) in [6.45, 7) is 0.163. The van der Waals surface area contributed by atoms with E-state index >= 15 is 0 Å². The molecular weight excluding hydrogens is 302 g/mol. The smallest absolute Gasteiger partial charge is 0.406 e. The molecule has 6 nitrogen and oxygen atoms in total. The number of pyridine rings is 1. The van der Waals surface area contributed by atoms with E-state index < -0.39 is 4.92 Å². The first-order chi connectivity index (χ1) is 10.7. The zero-order valence-corrected chi connectivity index (χ0v) is 12.2. The van der Waals surface area contributed by atoms with E-state index in [1.165, 1.54) is 23.6 Å². The van der Waals surface area contributed by atoms with Gasteiger partial charge in [-0.2, -0.15) is 0 Å². The van der Waals surface area contributed by atoms with Crippen molar-refractivity contribution in [2.45, 2.75) is 6.61 Å². The summed E-state index contributed by atoms with van der Waals surface area (Å²) in [5.41, 5.74) is 1.76. The zero-order chi connectivity index (χ0) is 15.4. The van der Waals surface area contributed by atoms with Crippen LogP contribution in [0.3, 0.4) is 0 Å². The van der Waals surface area contributed by atoms with E-state index in [-0.39, 0.29) is 18.2 Å². The van der Waals surface area contributed by atoms with Crippen LogP contribution in [0.5, 0.6) is 5.75 Å². The number of hydrogen-bond acceptors (Lipinski definition) is 6. The second kappa shape index (κ2) is 6.31. The third-order valence-corrected chi connectivity index (χ3v) is 3.81. The van der Waals surface area contributed by atoms with Gasteiger partial charge >= 0.3 is 5.82 Å². The largest absolute Gasteiger partial charge is 0.479 e. The van der Waals surface area contributed by atoms with Crippen LogP contribution in [-0.2, 0) is 6.61 Å². The number of hydrogen-bond donors (Lipinski definition) is 0. The molecule has 0 unspecified atom stereocenters. The number of aromatic nitrogens is 2. The molecule has 0 aliphatic heterocycles. The summed E-state index contributed by atoms with van der Waals surface area (Å²) in [7, 11) is 0. The Kier molecular flexibility index (Phi) is 4.06. The molecule has 0 aliphatic rings. The Labute approximate surface area is 130 Å². The number of rotatable bonds is 5. The van der Waals surface area contributed by atoms with Crippen molar-refractivity contribution in [3.63, 3.8) is 0 Å². The molecule has 3 aromatic rings. The predicted molar refractivity (Wildman–Crippen MR) is 82.8 cm³/mol. The Morgan fingerprint density at radius 3 is 2.77 bits per heavy atom. The molecule has 3 rings (SSSR count). The van der Waals surface area contributed by atoms with Crippen molar-refractivity contribution in [2.75, 3.05) is 0 Å². The van der Waals surface area contributed by atoms with Gasteiger partial charge in [-0.05, 0) is 22.0 Å². The van der Waals surface area contributed by atoms with Gasteiger partial charge in [-0.25, -0.2) is 4.98 Å². The van der Waals surface area contributed by atoms with Gasteiger partial charge in [0.25, 0.3) is 0 Å². The van der Waals surface area contributed by atoms with Crippen LogP contribution in [0.1, 0.15) is 5.69 Å². The first-order valence-electron chi connectivity index (χ1n) is 6.46. The molecule has 0 radical (unpaired) electrons. The molecule has 2 heterocycles. The lowest BCUT2D eigenvalue weighted by Crippen LogP contribution is -2.00. The van der Waals surface area contributed by atoms with Crippen molar-refractivity contribution in [1.82, 2.24) is 9.97 Å². The lowest BCUT2D eigenvalue weighted by molar-refractivity contribution is -0.390. The monoisotopic (exact) mass is 313 g/mol. The first kappa shape index (κ1) is 14.2. The van der Waals surface area contributed by atoms with E-state index in [2.05, 4.69) is 9.97 Å². The summed E-state index contributed by atoms with van der Waals surface area (Å²) in [6, 6.07) is 12.9. The van der Waals surface area contributed by atoms with Crippen LogP contribution < -0.4 is 4.74 Å². The lowest BCUT2D eigenvalue weighted by atomic mass is 10.2. The summed E-state index contributed by atoms with van der Waals surface area (Å²) in [5, 5.41) is 13.6.